The highest BCUT2D eigenvalue weighted by atomic mass is 35.5. The molecule has 6 rings (SSSR count). The maximum absolute atomic E-state index is 13.1. The third-order valence-corrected chi connectivity index (χ3v) is 7.15. The van der Waals surface area contributed by atoms with E-state index in [1.165, 1.54) is 0 Å². The van der Waals surface area contributed by atoms with Crippen molar-refractivity contribution in [2.75, 3.05) is 38.2 Å². The molecular formula is C30H26ClN5O2. The average molecular weight is 524 g/mol. The van der Waals surface area contributed by atoms with Crippen LogP contribution < -0.4 is 9.64 Å². The first-order chi connectivity index (χ1) is 18.6. The zero-order valence-electron chi connectivity index (χ0n) is 20.9. The van der Waals surface area contributed by atoms with Gasteiger partial charge in [-0.1, -0.05) is 54.1 Å². The summed E-state index contributed by atoms with van der Waals surface area (Å²) in [4.78, 5) is 26.7. The molecule has 38 heavy (non-hydrogen) atoms. The number of halogens is 1. The molecule has 0 spiro atoms. The highest BCUT2D eigenvalue weighted by molar-refractivity contribution is 6.31. The minimum absolute atomic E-state index is 0.00543. The van der Waals surface area contributed by atoms with Gasteiger partial charge >= 0.3 is 0 Å². The van der Waals surface area contributed by atoms with E-state index in [9.17, 15) is 4.79 Å². The van der Waals surface area contributed by atoms with E-state index in [0.717, 1.165) is 39.4 Å². The SMILES string of the molecule is COc1cccc(-n2cc(-c3ccccc3)c3c(N4CCN(C(=O)c5cccc(Cl)c5)CC4)ncnc32)c1. The first-order valence-electron chi connectivity index (χ1n) is 12.5. The number of ether oxygens (including phenoxy) is 1. The lowest BCUT2D eigenvalue weighted by atomic mass is 10.1. The summed E-state index contributed by atoms with van der Waals surface area (Å²) in [6, 6.07) is 25.3. The molecule has 1 aliphatic rings. The number of hydrogen-bond donors (Lipinski definition) is 0. The van der Waals surface area contributed by atoms with Gasteiger partial charge in [-0.25, -0.2) is 9.97 Å². The minimum atomic E-state index is -0.00543. The molecule has 1 aliphatic heterocycles. The van der Waals surface area contributed by atoms with Gasteiger partial charge in [0, 0.05) is 54.6 Å². The number of fused-ring (bicyclic) bond motifs is 1. The van der Waals surface area contributed by atoms with Gasteiger partial charge in [0.15, 0.2) is 5.65 Å². The molecule has 3 heterocycles. The van der Waals surface area contributed by atoms with Crippen LogP contribution in [0, 0.1) is 0 Å². The Bertz CT molecular complexity index is 1610. The van der Waals surface area contributed by atoms with E-state index in [2.05, 4.69) is 27.8 Å². The number of hydrogen-bond acceptors (Lipinski definition) is 5. The molecule has 190 valence electrons. The molecule has 5 aromatic rings. The van der Waals surface area contributed by atoms with Gasteiger partial charge < -0.3 is 19.1 Å². The van der Waals surface area contributed by atoms with Crippen molar-refractivity contribution in [2.24, 2.45) is 0 Å². The van der Waals surface area contributed by atoms with Gasteiger partial charge in [0.1, 0.15) is 17.9 Å². The highest BCUT2D eigenvalue weighted by Crippen LogP contribution is 2.37. The first kappa shape index (κ1) is 24.0. The lowest BCUT2D eigenvalue weighted by molar-refractivity contribution is 0.0746. The zero-order valence-corrected chi connectivity index (χ0v) is 21.7. The maximum atomic E-state index is 13.1. The van der Waals surface area contributed by atoms with Gasteiger partial charge in [0.2, 0.25) is 0 Å². The standard InChI is InChI=1S/C30H26ClN5O2/c1-38-25-12-6-11-24(18-25)36-19-26(21-7-3-2-4-8-21)27-28(32-20-33-29(27)36)34-13-15-35(16-14-34)30(37)22-9-5-10-23(31)17-22/h2-12,17-20H,13-16H2,1H3. The number of anilines is 1. The Kier molecular flexibility index (Phi) is 6.43. The largest absolute Gasteiger partial charge is 0.497 e. The summed E-state index contributed by atoms with van der Waals surface area (Å²) in [5.74, 6) is 1.64. The molecule has 0 atom stereocenters. The third-order valence-electron chi connectivity index (χ3n) is 6.92. The number of amides is 1. The van der Waals surface area contributed by atoms with Crippen LogP contribution in [-0.2, 0) is 0 Å². The fourth-order valence-electron chi connectivity index (χ4n) is 5.00. The summed E-state index contributed by atoms with van der Waals surface area (Å²) in [6.45, 7) is 2.51. The first-order valence-corrected chi connectivity index (χ1v) is 12.9. The Balaban J connectivity index is 1.38. The smallest absolute Gasteiger partial charge is 0.254 e. The molecule has 0 bridgehead atoms. The zero-order chi connectivity index (χ0) is 26.1. The molecule has 0 N–H and O–H groups in total. The Labute approximate surface area is 225 Å². The van der Waals surface area contributed by atoms with Crippen molar-refractivity contribution >= 4 is 34.4 Å². The number of benzene rings is 3. The number of rotatable bonds is 5. The van der Waals surface area contributed by atoms with Crippen molar-refractivity contribution in [2.45, 2.75) is 0 Å². The maximum Gasteiger partial charge on any atom is 0.254 e. The normalized spacial score (nSPS) is 13.6. The van der Waals surface area contributed by atoms with Crippen LogP contribution in [-0.4, -0.2) is 58.6 Å². The fraction of sp³-hybridized carbons (Fsp3) is 0.167. The van der Waals surface area contributed by atoms with E-state index >= 15 is 0 Å². The fourth-order valence-corrected chi connectivity index (χ4v) is 5.19. The highest BCUT2D eigenvalue weighted by Gasteiger charge is 2.26. The van der Waals surface area contributed by atoms with Gasteiger partial charge in [-0.05, 0) is 35.9 Å². The Morgan fingerprint density at radius 1 is 0.895 bits per heavy atom. The third kappa shape index (κ3) is 4.46. The predicted molar refractivity (Wildman–Crippen MR) is 150 cm³/mol. The quantitative estimate of drug-likeness (QED) is 0.295. The van der Waals surface area contributed by atoms with Crippen molar-refractivity contribution in [3.63, 3.8) is 0 Å². The van der Waals surface area contributed by atoms with Crippen LogP contribution >= 0.6 is 11.6 Å². The predicted octanol–water partition coefficient (Wildman–Crippen LogP) is 5.71. The van der Waals surface area contributed by atoms with Gasteiger partial charge in [0.05, 0.1) is 18.2 Å². The number of piperazine rings is 1. The molecule has 0 unspecified atom stereocenters. The molecule has 0 radical (unpaired) electrons. The summed E-state index contributed by atoms with van der Waals surface area (Å²) in [5, 5.41) is 1.54. The Hall–Kier alpha value is -4.36. The number of carbonyl (C=O) groups excluding carboxylic acids is 1. The summed E-state index contributed by atoms with van der Waals surface area (Å²) in [5.41, 5.74) is 4.52. The van der Waals surface area contributed by atoms with Crippen molar-refractivity contribution < 1.29 is 9.53 Å². The van der Waals surface area contributed by atoms with Gasteiger partial charge in [-0.2, -0.15) is 0 Å². The second-order valence-electron chi connectivity index (χ2n) is 9.17. The Morgan fingerprint density at radius 2 is 1.68 bits per heavy atom. The summed E-state index contributed by atoms with van der Waals surface area (Å²) < 4.78 is 7.56. The number of aromatic nitrogens is 3. The molecule has 8 heteroatoms. The van der Waals surface area contributed by atoms with Crippen LogP contribution in [0.5, 0.6) is 5.75 Å². The van der Waals surface area contributed by atoms with Crippen molar-refractivity contribution in [1.29, 1.82) is 0 Å². The second-order valence-corrected chi connectivity index (χ2v) is 9.60. The second kappa shape index (κ2) is 10.2. The average Bonchev–Trinajstić information content (AvgIpc) is 3.37. The topological polar surface area (TPSA) is 63.5 Å². The van der Waals surface area contributed by atoms with Crippen LogP contribution in [0.15, 0.2) is 91.4 Å². The molecular weight excluding hydrogens is 498 g/mol. The van der Waals surface area contributed by atoms with E-state index in [1.807, 2.05) is 59.5 Å². The van der Waals surface area contributed by atoms with Crippen molar-refractivity contribution in [1.82, 2.24) is 19.4 Å². The minimum Gasteiger partial charge on any atom is -0.497 e. The lowest BCUT2D eigenvalue weighted by Crippen LogP contribution is -2.49. The molecule has 1 saturated heterocycles. The van der Waals surface area contributed by atoms with Gasteiger partial charge in [-0.3, -0.25) is 4.79 Å². The molecule has 7 nitrogen and oxygen atoms in total. The van der Waals surface area contributed by atoms with E-state index < -0.39 is 0 Å². The van der Waals surface area contributed by atoms with Crippen molar-refractivity contribution in [3.05, 3.63) is 102 Å². The van der Waals surface area contributed by atoms with Crippen LogP contribution in [0.25, 0.3) is 27.8 Å². The van der Waals surface area contributed by atoms with Gasteiger partial charge in [-0.15, -0.1) is 0 Å². The monoisotopic (exact) mass is 523 g/mol. The summed E-state index contributed by atoms with van der Waals surface area (Å²) in [7, 11) is 1.67. The molecule has 3 aromatic carbocycles. The summed E-state index contributed by atoms with van der Waals surface area (Å²) in [6.07, 6.45) is 3.73. The number of nitrogens with zero attached hydrogens (tertiary/aromatic N) is 5. The van der Waals surface area contributed by atoms with E-state index in [0.29, 0.717) is 36.8 Å². The molecule has 2 aromatic heterocycles. The van der Waals surface area contributed by atoms with E-state index in [4.69, 9.17) is 26.3 Å². The van der Waals surface area contributed by atoms with Crippen LogP contribution in [0.1, 0.15) is 10.4 Å². The van der Waals surface area contributed by atoms with Crippen molar-refractivity contribution in [3.8, 4) is 22.6 Å². The van der Waals surface area contributed by atoms with Crippen LogP contribution in [0.4, 0.5) is 5.82 Å². The van der Waals surface area contributed by atoms with Crippen LogP contribution in [0.2, 0.25) is 5.02 Å². The van der Waals surface area contributed by atoms with Gasteiger partial charge in [0.25, 0.3) is 5.91 Å². The number of carbonyl (C=O) groups is 1. The van der Waals surface area contributed by atoms with Crippen LogP contribution in [0.3, 0.4) is 0 Å². The van der Waals surface area contributed by atoms with E-state index in [1.54, 1.807) is 25.6 Å². The molecule has 0 saturated carbocycles. The Morgan fingerprint density at radius 3 is 2.45 bits per heavy atom. The molecule has 0 aliphatic carbocycles. The molecule has 1 amide bonds. The lowest BCUT2D eigenvalue weighted by Gasteiger charge is -2.35. The summed E-state index contributed by atoms with van der Waals surface area (Å²) >= 11 is 6.11. The molecule has 1 fully saturated rings. The van der Waals surface area contributed by atoms with E-state index in [-0.39, 0.29) is 5.91 Å². The number of methoxy groups -OCH3 is 1.